The van der Waals surface area contributed by atoms with E-state index in [1.807, 2.05) is 0 Å². The van der Waals surface area contributed by atoms with Crippen molar-refractivity contribution in [3.8, 4) is 5.75 Å². The highest BCUT2D eigenvalue weighted by Crippen LogP contribution is 2.24. The summed E-state index contributed by atoms with van der Waals surface area (Å²) in [5.74, 6) is -1.16. The van der Waals surface area contributed by atoms with E-state index in [9.17, 15) is 19.8 Å². The average Bonchev–Trinajstić information content (AvgIpc) is 2.35. The molecule has 3 N–H and O–H groups in total. The predicted molar refractivity (Wildman–Crippen MR) is 70.5 cm³/mol. The lowest BCUT2D eigenvalue weighted by atomic mass is 9.81. The Hall–Kier alpha value is -2.04. The molecule has 1 amide bonds. The van der Waals surface area contributed by atoms with E-state index in [0.29, 0.717) is 6.42 Å². The van der Waals surface area contributed by atoms with E-state index < -0.39 is 11.5 Å². The van der Waals surface area contributed by atoms with E-state index in [4.69, 9.17) is 0 Å². The Morgan fingerprint density at radius 1 is 1.37 bits per heavy atom. The van der Waals surface area contributed by atoms with Crippen molar-refractivity contribution in [3.05, 3.63) is 29.8 Å². The van der Waals surface area contributed by atoms with Crippen molar-refractivity contribution >= 4 is 12.4 Å². The number of aromatic hydroxyl groups is 1. The number of phenols is 1. The quantitative estimate of drug-likeness (QED) is 0.651. The van der Waals surface area contributed by atoms with Gasteiger partial charge in [0.2, 0.25) is 0 Å². The normalized spacial score (nSPS) is 13.8. The van der Waals surface area contributed by atoms with Crippen LogP contribution in [0.3, 0.4) is 0 Å². The van der Waals surface area contributed by atoms with E-state index in [0.717, 1.165) is 5.56 Å². The first-order valence-electron chi connectivity index (χ1n) is 6.08. The van der Waals surface area contributed by atoms with Crippen molar-refractivity contribution in [1.82, 2.24) is 5.32 Å². The second-order valence-electron chi connectivity index (χ2n) is 4.82. The lowest BCUT2D eigenvalue weighted by molar-refractivity contribution is -0.146. The second-order valence-corrected chi connectivity index (χ2v) is 4.82. The Bertz CT molecular complexity index is 441. The number of rotatable bonds is 7. The van der Waals surface area contributed by atoms with Crippen LogP contribution in [0.1, 0.15) is 25.8 Å². The summed E-state index contributed by atoms with van der Waals surface area (Å²) in [5.41, 5.74) is -0.420. The zero-order valence-corrected chi connectivity index (χ0v) is 11.0. The highest BCUT2D eigenvalue weighted by Gasteiger charge is 2.41. The van der Waals surface area contributed by atoms with Gasteiger partial charge in [0.05, 0.1) is 0 Å². The van der Waals surface area contributed by atoms with Gasteiger partial charge >= 0.3 is 12.4 Å². The third kappa shape index (κ3) is 3.47. The van der Waals surface area contributed by atoms with E-state index in [1.54, 1.807) is 38.1 Å². The molecule has 0 bridgehead atoms. The van der Waals surface area contributed by atoms with Crippen LogP contribution in [-0.2, 0) is 16.0 Å². The van der Waals surface area contributed by atoms with Crippen LogP contribution in [0.2, 0.25) is 0 Å². The molecule has 103 valence electrons. The molecule has 0 fully saturated rings. The summed E-state index contributed by atoms with van der Waals surface area (Å²) in [6.07, 6.45) is 2.25. The summed E-state index contributed by atoms with van der Waals surface area (Å²) in [7, 11) is 0. The molecule has 1 rings (SSSR count). The first-order valence-corrected chi connectivity index (χ1v) is 6.08. The van der Waals surface area contributed by atoms with Crippen LogP contribution in [-0.4, -0.2) is 28.1 Å². The van der Waals surface area contributed by atoms with Gasteiger partial charge in [-0.3, -0.25) is 4.79 Å². The number of aryl methyl sites for hydroxylation is 1. The molecule has 5 nitrogen and oxygen atoms in total. The SMILES string of the molecule is CC(C)C(CCc1ccc(O)cc1)(N[C]=O)C(=O)O. The molecule has 0 heterocycles. The Balaban J connectivity index is 2.86. The molecule has 0 aromatic heterocycles. The van der Waals surface area contributed by atoms with Crippen molar-refractivity contribution in [3.63, 3.8) is 0 Å². The fourth-order valence-corrected chi connectivity index (χ4v) is 2.00. The van der Waals surface area contributed by atoms with Crippen molar-refractivity contribution in [2.24, 2.45) is 5.92 Å². The second kappa shape index (κ2) is 6.22. The fourth-order valence-electron chi connectivity index (χ4n) is 2.00. The van der Waals surface area contributed by atoms with E-state index in [2.05, 4.69) is 5.32 Å². The van der Waals surface area contributed by atoms with Gasteiger partial charge in [0.1, 0.15) is 11.3 Å². The maximum atomic E-state index is 11.4. The number of hydrogen-bond acceptors (Lipinski definition) is 3. The minimum atomic E-state index is -1.32. The highest BCUT2D eigenvalue weighted by molar-refractivity contribution is 5.82. The predicted octanol–water partition coefficient (Wildman–Crippen LogP) is 1.46. The number of carboxylic acid groups (broad SMARTS) is 1. The first-order chi connectivity index (χ1) is 8.92. The zero-order valence-electron chi connectivity index (χ0n) is 11.0. The molecule has 0 aliphatic rings. The van der Waals surface area contributed by atoms with Gasteiger partial charge in [-0.1, -0.05) is 26.0 Å². The van der Waals surface area contributed by atoms with Crippen LogP contribution in [0.15, 0.2) is 24.3 Å². The van der Waals surface area contributed by atoms with Crippen LogP contribution in [0.25, 0.3) is 0 Å². The number of amides is 1. The number of carbonyl (C=O) groups excluding carboxylic acids is 1. The number of phenolic OH excluding ortho intramolecular Hbond substituents is 1. The third-order valence-corrected chi connectivity index (χ3v) is 3.39. The summed E-state index contributed by atoms with van der Waals surface area (Å²) in [6.45, 7) is 3.49. The van der Waals surface area contributed by atoms with Gasteiger partial charge in [-0.15, -0.1) is 0 Å². The number of benzene rings is 1. The molecular formula is C14H18NO4. The van der Waals surface area contributed by atoms with Crippen LogP contribution in [0.4, 0.5) is 0 Å². The Labute approximate surface area is 112 Å². The van der Waals surface area contributed by atoms with Gasteiger partial charge in [-0.25, -0.2) is 4.79 Å². The highest BCUT2D eigenvalue weighted by atomic mass is 16.4. The van der Waals surface area contributed by atoms with E-state index >= 15 is 0 Å². The zero-order chi connectivity index (χ0) is 14.5. The fraction of sp³-hybridized carbons (Fsp3) is 0.429. The largest absolute Gasteiger partial charge is 0.508 e. The van der Waals surface area contributed by atoms with Gasteiger partial charge in [-0.2, -0.15) is 0 Å². The molecule has 0 spiro atoms. The third-order valence-electron chi connectivity index (χ3n) is 3.39. The molecule has 1 atom stereocenters. The number of hydrogen-bond donors (Lipinski definition) is 3. The van der Waals surface area contributed by atoms with Gasteiger partial charge < -0.3 is 15.5 Å². The Morgan fingerprint density at radius 3 is 2.37 bits per heavy atom. The minimum absolute atomic E-state index is 0.163. The summed E-state index contributed by atoms with van der Waals surface area (Å²) in [4.78, 5) is 22.0. The molecular weight excluding hydrogens is 246 g/mol. The molecule has 1 aromatic carbocycles. The van der Waals surface area contributed by atoms with Gasteiger partial charge in [0, 0.05) is 0 Å². The molecule has 0 aliphatic heterocycles. The average molecular weight is 264 g/mol. The van der Waals surface area contributed by atoms with Crippen molar-refractivity contribution < 1.29 is 19.8 Å². The molecule has 5 heteroatoms. The van der Waals surface area contributed by atoms with Crippen LogP contribution in [0.5, 0.6) is 5.75 Å². The minimum Gasteiger partial charge on any atom is -0.508 e. The van der Waals surface area contributed by atoms with Gasteiger partial charge in [-0.05, 0) is 36.5 Å². The van der Waals surface area contributed by atoms with Crippen molar-refractivity contribution in [2.45, 2.75) is 32.2 Å². The lowest BCUT2D eigenvalue weighted by Gasteiger charge is -2.32. The van der Waals surface area contributed by atoms with E-state index in [1.165, 1.54) is 6.41 Å². The monoisotopic (exact) mass is 264 g/mol. The Morgan fingerprint density at radius 2 is 1.95 bits per heavy atom. The van der Waals surface area contributed by atoms with Crippen LogP contribution >= 0.6 is 0 Å². The summed E-state index contributed by atoms with van der Waals surface area (Å²) < 4.78 is 0. The van der Waals surface area contributed by atoms with E-state index in [-0.39, 0.29) is 18.1 Å². The molecule has 1 unspecified atom stereocenters. The Kier molecular flexibility index (Phi) is 4.92. The molecule has 1 aromatic rings. The van der Waals surface area contributed by atoms with Gasteiger partial charge in [0.25, 0.3) is 0 Å². The van der Waals surface area contributed by atoms with Crippen molar-refractivity contribution in [2.75, 3.05) is 0 Å². The number of carboxylic acids is 1. The smallest absolute Gasteiger partial charge is 0.329 e. The lowest BCUT2D eigenvalue weighted by Crippen LogP contribution is -2.55. The standard InChI is InChI=1S/C14H18NO4/c1-10(2)14(13(18)19,15-9-16)8-7-11-3-5-12(17)6-4-11/h3-6,10,17H,7-8H2,1-2H3,(H,15,16)(H,18,19). The molecule has 0 saturated heterocycles. The molecule has 0 aliphatic carbocycles. The van der Waals surface area contributed by atoms with Crippen LogP contribution in [0, 0.1) is 5.92 Å². The number of nitrogens with one attached hydrogen (secondary N) is 1. The summed E-state index contributed by atoms with van der Waals surface area (Å²) in [5, 5.41) is 20.9. The maximum Gasteiger partial charge on any atom is 0.329 e. The van der Waals surface area contributed by atoms with Gasteiger partial charge in [0.15, 0.2) is 0 Å². The summed E-state index contributed by atoms with van der Waals surface area (Å²) in [6, 6.07) is 6.55. The van der Waals surface area contributed by atoms with Crippen LogP contribution < -0.4 is 5.32 Å². The topological polar surface area (TPSA) is 86.6 Å². The first kappa shape index (κ1) is 15.0. The molecule has 1 radical (unpaired) electrons. The number of carbonyl (C=O) groups is 1. The molecule has 19 heavy (non-hydrogen) atoms. The summed E-state index contributed by atoms with van der Waals surface area (Å²) >= 11 is 0. The number of aliphatic carboxylic acids is 1. The maximum absolute atomic E-state index is 11.4. The van der Waals surface area contributed by atoms with Crippen molar-refractivity contribution in [1.29, 1.82) is 0 Å². The molecule has 0 saturated carbocycles.